The van der Waals surface area contributed by atoms with Gasteiger partial charge in [-0.05, 0) is 31.4 Å². The normalized spacial score (nSPS) is 17.7. The molecular weight excluding hydrogens is 381 g/mol. The molecule has 144 valence electrons. The molecule has 5 nitrogen and oxygen atoms in total. The van der Waals surface area contributed by atoms with Crippen LogP contribution in [0.15, 0.2) is 29.6 Å². The number of hydrogen-bond donors (Lipinski definition) is 1. The van der Waals surface area contributed by atoms with E-state index in [0.717, 1.165) is 36.3 Å². The van der Waals surface area contributed by atoms with Gasteiger partial charge in [0.1, 0.15) is 11.0 Å². The number of hydrogen-bond acceptors (Lipinski definition) is 4. The molecule has 9 heteroatoms. The van der Waals surface area contributed by atoms with Crippen molar-refractivity contribution in [2.75, 3.05) is 6.54 Å². The summed E-state index contributed by atoms with van der Waals surface area (Å²) in [6, 6.07) is 4.03. The van der Waals surface area contributed by atoms with Gasteiger partial charge >= 0.3 is 12.1 Å². The standard InChI is InChI=1S/C18H17F3N2O3S/c19-18(20,21)12-5-3-4-11(8-12)16-22-13(10-27-16)9-15(24)23-7-2-1-6-14(23)17(25)26/h3-5,8,10,14H,1-2,6-7,9H2,(H,25,26)/t14-/m1/s1. The van der Waals surface area contributed by atoms with Crippen molar-refractivity contribution in [3.63, 3.8) is 0 Å². The average molecular weight is 398 g/mol. The van der Waals surface area contributed by atoms with Gasteiger partial charge in [0.2, 0.25) is 5.91 Å². The predicted octanol–water partition coefficient (Wildman–Crippen LogP) is 3.84. The molecule has 0 radical (unpaired) electrons. The molecule has 1 aliphatic heterocycles. The number of alkyl halides is 3. The highest BCUT2D eigenvalue weighted by Gasteiger charge is 2.32. The number of nitrogens with zero attached hydrogens (tertiary/aromatic N) is 2. The van der Waals surface area contributed by atoms with E-state index in [0.29, 0.717) is 29.2 Å². The second-order valence-corrected chi connectivity index (χ2v) is 7.19. The Hall–Kier alpha value is -2.42. The van der Waals surface area contributed by atoms with E-state index in [2.05, 4.69) is 4.98 Å². The first-order chi connectivity index (χ1) is 12.8. The first-order valence-electron chi connectivity index (χ1n) is 8.40. The molecule has 1 aromatic carbocycles. The van der Waals surface area contributed by atoms with E-state index in [9.17, 15) is 27.9 Å². The molecule has 0 spiro atoms. The van der Waals surface area contributed by atoms with Gasteiger partial charge in [0.05, 0.1) is 17.7 Å². The van der Waals surface area contributed by atoms with Crippen LogP contribution >= 0.6 is 11.3 Å². The SMILES string of the molecule is O=C(O)[C@H]1CCCCN1C(=O)Cc1csc(-c2cccc(C(F)(F)F)c2)n1. The largest absolute Gasteiger partial charge is 0.480 e. The molecule has 0 saturated carbocycles. The third-order valence-corrected chi connectivity index (χ3v) is 5.37. The Bertz CT molecular complexity index is 850. The average Bonchev–Trinajstić information content (AvgIpc) is 3.09. The van der Waals surface area contributed by atoms with Crippen LogP contribution in [0.25, 0.3) is 10.6 Å². The van der Waals surface area contributed by atoms with Crippen LogP contribution in [-0.2, 0) is 22.2 Å². The van der Waals surface area contributed by atoms with Gasteiger partial charge in [-0.15, -0.1) is 11.3 Å². The summed E-state index contributed by atoms with van der Waals surface area (Å²) in [5.74, 6) is -1.35. The Morgan fingerprint density at radius 2 is 2.07 bits per heavy atom. The lowest BCUT2D eigenvalue weighted by atomic mass is 10.0. The van der Waals surface area contributed by atoms with Crippen LogP contribution in [0.2, 0.25) is 0 Å². The number of carboxylic acid groups (broad SMARTS) is 1. The maximum atomic E-state index is 12.9. The maximum absolute atomic E-state index is 12.9. The number of benzene rings is 1. The van der Waals surface area contributed by atoms with Gasteiger partial charge in [0.15, 0.2) is 0 Å². The van der Waals surface area contributed by atoms with Gasteiger partial charge in [0.25, 0.3) is 0 Å². The van der Waals surface area contributed by atoms with Crippen molar-refractivity contribution in [1.29, 1.82) is 0 Å². The minimum atomic E-state index is -4.44. The fraction of sp³-hybridized carbons (Fsp3) is 0.389. The Morgan fingerprint density at radius 3 is 2.78 bits per heavy atom. The fourth-order valence-electron chi connectivity index (χ4n) is 3.09. The molecule has 0 aliphatic carbocycles. The van der Waals surface area contributed by atoms with Crippen molar-refractivity contribution < 1.29 is 27.9 Å². The van der Waals surface area contributed by atoms with Crippen molar-refractivity contribution in [3.8, 4) is 10.6 Å². The second-order valence-electron chi connectivity index (χ2n) is 6.34. The fourth-order valence-corrected chi connectivity index (χ4v) is 3.91. The van der Waals surface area contributed by atoms with Crippen molar-refractivity contribution in [3.05, 3.63) is 40.9 Å². The number of aliphatic carboxylic acids is 1. The number of thiazole rings is 1. The molecular formula is C18H17F3N2O3S. The molecule has 3 rings (SSSR count). The third-order valence-electron chi connectivity index (χ3n) is 4.43. The first-order valence-corrected chi connectivity index (χ1v) is 9.28. The quantitative estimate of drug-likeness (QED) is 0.850. The lowest BCUT2D eigenvalue weighted by Crippen LogP contribution is -2.48. The zero-order chi connectivity index (χ0) is 19.6. The van der Waals surface area contributed by atoms with Gasteiger partial charge in [-0.1, -0.05) is 12.1 Å². The van der Waals surface area contributed by atoms with Crippen molar-refractivity contribution in [1.82, 2.24) is 9.88 Å². The molecule has 1 saturated heterocycles. The highest BCUT2D eigenvalue weighted by atomic mass is 32.1. The van der Waals surface area contributed by atoms with Gasteiger partial charge in [-0.2, -0.15) is 13.2 Å². The molecule has 1 aliphatic rings. The van der Waals surface area contributed by atoms with Crippen LogP contribution in [0.1, 0.15) is 30.5 Å². The van der Waals surface area contributed by atoms with Crippen LogP contribution < -0.4 is 0 Å². The predicted molar refractivity (Wildman–Crippen MR) is 93.2 cm³/mol. The Morgan fingerprint density at radius 1 is 1.30 bits per heavy atom. The molecule has 1 N–H and O–H groups in total. The van der Waals surface area contributed by atoms with Crippen molar-refractivity contribution >= 4 is 23.2 Å². The van der Waals surface area contributed by atoms with Crippen molar-refractivity contribution in [2.45, 2.75) is 37.9 Å². The summed E-state index contributed by atoms with van der Waals surface area (Å²) in [5.41, 5.74) is -0.00697. The smallest absolute Gasteiger partial charge is 0.416 e. The van der Waals surface area contributed by atoms with E-state index >= 15 is 0 Å². The Labute approximate surface area is 157 Å². The van der Waals surface area contributed by atoms with Crippen LogP contribution in [0.5, 0.6) is 0 Å². The lowest BCUT2D eigenvalue weighted by molar-refractivity contribution is -0.151. The lowest BCUT2D eigenvalue weighted by Gasteiger charge is -2.32. The molecule has 1 atom stereocenters. The molecule has 1 amide bonds. The summed E-state index contributed by atoms with van der Waals surface area (Å²) in [6.45, 7) is 0.389. The minimum absolute atomic E-state index is 0.0702. The molecule has 1 aromatic heterocycles. The monoisotopic (exact) mass is 398 g/mol. The van der Waals surface area contributed by atoms with E-state index in [1.807, 2.05) is 0 Å². The van der Waals surface area contributed by atoms with Gasteiger partial charge < -0.3 is 10.0 Å². The number of carbonyl (C=O) groups excluding carboxylic acids is 1. The minimum Gasteiger partial charge on any atom is -0.480 e. The summed E-state index contributed by atoms with van der Waals surface area (Å²) in [5, 5.41) is 11.3. The number of rotatable bonds is 4. The van der Waals surface area contributed by atoms with Crippen LogP contribution in [0.3, 0.4) is 0 Å². The van der Waals surface area contributed by atoms with Crippen molar-refractivity contribution in [2.24, 2.45) is 0 Å². The Balaban J connectivity index is 1.74. The summed E-state index contributed by atoms with van der Waals surface area (Å²) in [4.78, 5) is 29.4. The maximum Gasteiger partial charge on any atom is 0.416 e. The van der Waals surface area contributed by atoms with Gasteiger partial charge in [0, 0.05) is 17.5 Å². The van der Waals surface area contributed by atoms with Crippen LogP contribution in [-0.4, -0.2) is 39.5 Å². The van der Waals surface area contributed by atoms with E-state index < -0.39 is 23.8 Å². The topological polar surface area (TPSA) is 70.5 Å². The zero-order valence-corrected chi connectivity index (χ0v) is 15.0. The van der Waals surface area contributed by atoms with E-state index in [1.54, 1.807) is 5.38 Å². The summed E-state index contributed by atoms with van der Waals surface area (Å²) < 4.78 is 38.6. The number of carboxylic acids is 1. The molecule has 0 unspecified atom stereocenters. The number of amides is 1. The van der Waals surface area contributed by atoms with E-state index in [1.165, 1.54) is 17.0 Å². The molecule has 0 bridgehead atoms. The van der Waals surface area contributed by atoms with Gasteiger partial charge in [-0.3, -0.25) is 4.79 Å². The van der Waals surface area contributed by atoms with Crippen LogP contribution in [0, 0.1) is 0 Å². The first kappa shape index (κ1) is 19.3. The number of carbonyl (C=O) groups is 2. The summed E-state index contributed by atoms with van der Waals surface area (Å²) >= 11 is 1.15. The van der Waals surface area contributed by atoms with E-state index in [4.69, 9.17) is 0 Å². The third kappa shape index (κ3) is 4.47. The number of aromatic nitrogens is 1. The molecule has 2 heterocycles. The van der Waals surface area contributed by atoms with Gasteiger partial charge in [-0.25, -0.2) is 9.78 Å². The molecule has 1 fully saturated rings. The number of piperidine rings is 1. The zero-order valence-electron chi connectivity index (χ0n) is 14.2. The summed E-state index contributed by atoms with van der Waals surface area (Å²) in [6.07, 6.45) is -2.57. The summed E-state index contributed by atoms with van der Waals surface area (Å²) in [7, 11) is 0. The highest BCUT2D eigenvalue weighted by molar-refractivity contribution is 7.13. The molecule has 27 heavy (non-hydrogen) atoms. The number of halogens is 3. The number of likely N-dealkylation sites (tertiary alicyclic amines) is 1. The van der Waals surface area contributed by atoms with E-state index in [-0.39, 0.29) is 12.3 Å². The molecule has 2 aromatic rings. The second kappa shape index (κ2) is 7.67. The Kier molecular flexibility index (Phi) is 5.50. The van der Waals surface area contributed by atoms with Crippen LogP contribution in [0.4, 0.5) is 13.2 Å². The highest BCUT2D eigenvalue weighted by Crippen LogP contribution is 2.33.